The van der Waals surface area contributed by atoms with E-state index in [4.69, 9.17) is 4.84 Å². The van der Waals surface area contributed by atoms with Crippen LogP contribution in [-0.4, -0.2) is 5.71 Å². The molecule has 0 saturated carbocycles. The number of oxime groups is 1. The molecule has 2 rings (SSSR count). The summed E-state index contributed by atoms with van der Waals surface area (Å²) in [6.45, 7) is 6.55. The van der Waals surface area contributed by atoms with E-state index in [0.717, 1.165) is 19.3 Å². The number of rotatable bonds is 3. The Morgan fingerprint density at radius 3 is 2.53 bits per heavy atom. The molecule has 0 spiro atoms. The van der Waals surface area contributed by atoms with E-state index in [2.05, 4.69) is 50.2 Å². The molecule has 0 aliphatic carbocycles. The number of hydrogen-bond donors (Lipinski definition) is 0. The first-order valence-corrected chi connectivity index (χ1v) is 6.39. The summed E-state index contributed by atoms with van der Waals surface area (Å²) in [4.78, 5) is 5.75. The molecule has 0 radical (unpaired) electrons. The second-order valence-corrected chi connectivity index (χ2v) is 5.44. The summed E-state index contributed by atoms with van der Waals surface area (Å²) in [5, 5.41) is 4.32. The van der Waals surface area contributed by atoms with Crippen LogP contribution in [-0.2, 0) is 10.4 Å². The summed E-state index contributed by atoms with van der Waals surface area (Å²) in [7, 11) is 0. The predicted octanol–water partition coefficient (Wildman–Crippen LogP) is 4.11. The van der Waals surface area contributed by atoms with Gasteiger partial charge in [0.1, 0.15) is 0 Å². The van der Waals surface area contributed by atoms with Gasteiger partial charge in [-0.2, -0.15) is 0 Å². The summed E-state index contributed by atoms with van der Waals surface area (Å²) in [6.07, 6.45) is 3.11. The molecule has 0 N–H and O–H groups in total. The van der Waals surface area contributed by atoms with E-state index in [0.29, 0.717) is 5.92 Å². The van der Waals surface area contributed by atoms with Gasteiger partial charge in [-0.05, 0) is 37.7 Å². The first kappa shape index (κ1) is 12.2. The van der Waals surface area contributed by atoms with E-state index < -0.39 is 0 Å². The Hall–Kier alpha value is -1.31. The average molecular weight is 231 g/mol. The molecule has 1 aliphatic rings. The molecule has 17 heavy (non-hydrogen) atoms. The molecule has 1 aromatic carbocycles. The fraction of sp³-hybridized carbons (Fsp3) is 0.533. The third-order valence-electron chi connectivity index (χ3n) is 3.30. The lowest BCUT2D eigenvalue weighted by Gasteiger charge is -2.32. The minimum atomic E-state index is -0.248. The van der Waals surface area contributed by atoms with Crippen LogP contribution in [0, 0.1) is 5.92 Å². The van der Waals surface area contributed by atoms with Gasteiger partial charge >= 0.3 is 0 Å². The highest BCUT2D eigenvalue weighted by molar-refractivity contribution is 5.84. The quantitative estimate of drug-likeness (QED) is 0.767. The fourth-order valence-electron chi connectivity index (χ4n) is 2.24. The SMILES string of the molecule is CC(C)CC1=NOC(C)(c2ccccc2)CC1. The first-order chi connectivity index (χ1) is 8.10. The van der Waals surface area contributed by atoms with Gasteiger partial charge in [-0.1, -0.05) is 49.3 Å². The van der Waals surface area contributed by atoms with Gasteiger partial charge in [-0.25, -0.2) is 0 Å². The van der Waals surface area contributed by atoms with Crippen molar-refractivity contribution in [2.24, 2.45) is 11.1 Å². The zero-order valence-electron chi connectivity index (χ0n) is 10.9. The number of hydrogen-bond acceptors (Lipinski definition) is 2. The van der Waals surface area contributed by atoms with Crippen LogP contribution in [0.2, 0.25) is 0 Å². The van der Waals surface area contributed by atoms with Gasteiger partial charge in [0, 0.05) is 0 Å². The van der Waals surface area contributed by atoms with Crippen molar-refractivity contribution < 1.29 is 4.84 Å². The topological polar surface area (TPSA) is 21.6 Å². The van der Waals surface area contributed by atoms with E-state index in [1.165, 1.54) is 11.3 Å². The van der Waals surface area contributed by atoms with Gasteiger partial charge in [0.25, 0.3) is 0 Å². The minimum absolute atomic E-state index is 0.248. The maximum absolute atomic E-state index is 5.75. The molecule has 1 unspecified atom stereocenters. The lowest BCUT2D eigenvalue weighted by molar-refractivity contribution is -0.0491. The molecular formula is C15H21NO. The second-order valence-electron chi connectivity index (χ2n) is 5.44. The standard InChI is InChI=1S/C15H21NO/c1-12(2)11-14-9-10-15(3,17-16-14)13-7-5-4-6-8-13/h4-8,12H,9-11H2,1-3H3. The van der Waals surface area contributed by atoms with Gasteiger partial charge in [0.15, 0.2) is 5.60 Å². The summed E-state index contributed by atoms with van der Waals surface area (Å²) >= 11 is 0. The summed E-state index contributed by atoms with van der Waals surface area (Å²) in [5.41, 5.74) is 2.17. The normalized spacial score (nSPS) is 24.4. The summed E-state index contributed by atoms with van der Waals surface area (Å²) < 4.78 is 0. The molecule has 2 heteroatoms. The summed E-state index contributed by atoms with van der Waals surface area (Å²) in [5.74, 6) is 0.651. The lowest BCUT2D eigenvalue weighted by Crippen LogP contribution is -2.29. The van der Waals surface area contributed by atoms with E-state index in [9.17, 15) is 0 Å². The zero-order valence-corrected chi connectivity index (χ0v) is 10.9. The van der Waals surface area contributed by atoms with Gasteiger partial charge < -0.3 is 4.84 Å². The molecule has 0 fully saturated rings. The molecule has 1 heterocycles. The Kier molecular flexibility index (Phi) is 3.51. The Morgan fingerprint density at radius 1 is 1.29 bits per heavy atom. The highest BCUT2D eigenvalue weighted by Crippen LogP contribution is 2.34. The Labute approximate surface area is 104 Å². The van der Waals surface area contributed by atoms with E-state index >= 15 is 0 Å². The van der Waals surface area contributed by atoms with Crippen molar-refractivity contribution in [3.05, 3.63) is 35.9 Å². The maximum atomic E-state index is 5.75. The Morgan fingerprint density at radius 2 is 2.00 bits per heavy atom. The van der Waals surface area contributed by atoms with Crippen LogP contribution in [0.1, 0.15) is 45.6 Å². The molecule has 0 saturated heterocycles. The zero-order chi connectivity index (χ0) is 12.3. The molecule has 1 aliphatic heterocycles. The monoisotopic (exact) mass is 231 g/mol. The summed E-state index contributed by atoms with van der Waals surface area (Å²) in [6, 6.07) is 10.4. The van der Waals surface area contributed by atoms with Crippen LogP contribution in [0.3, 0.4) is 0 Å². The second kappa shape index (κ2) is 4.91. The molecule has 92 valence electrons. The lowest BCUT2D eigenvalue weighted by atomic mass is 9.88. The Bertz CT molecular complexity index is 397. The van der Waals surface area contributed by atoms with Crippen molar-refractivity contribution in [3.63, 3.8) is 0 Å². The maximum Gasteiger partial charge on any atom is 0.160 e. The van der Waals surface area contributed by atoms with Gasteiger partial charge in [-0.15, -0.1) is 0 Å². The number of benzene rings is 1. The van der Waals surface area contributed by atoms with Crippen molar-refractivity contribution >= 4 is 5.71 Å². The van der Waals surface area contributed by atoms with Gasteiger partial charge in [-0.3, -0.25) is 0 Å². The number of nitrogens with zero attached hydrogens (tertiary/aromatic N) is 1. The van der Waals surface area contributed by atoms with Crippen molar-refractivity contribution in [3.8, 4) is 0 Å². The van der Waals surface area contributed by atoms with Crippen LogP contribution >= 0.6 is 0 Å². The van der Waals surface area contributed by atoms with Crippen LogP contribution in [0.5, 0.6) is 0 Å². The fourth-order valence-corrected chi connectivity index (χ4v) is 2.24. The molecule has 0 bridgehead atoms. The van der Waals surface area contributed by atoms with E-state index in [-0.39, 0.29) is 5.60 Å². The van der Waals surface area contributed by atoms with Crippen LogP contribution in [0.15, 0.2) is 35.5 Å². The van der Waals surface area contributed by atoms with Crippen molar-refractivity contribution in [1.29, 1.82) is 0 Å². The average Bonchev–Trinajstić information content (AvgIpc) is 2.33. The van der Waals surface area contributed by atoms with Crippen LogP contribution in [0.25, 0.3) is 0 Å². The largest absolute Gasteiger partial charge is 0.385 e. The third kappa shape index (κ3) is 2.87. The van der Waals surface area contributed by atoms with Crippen molar-refractivity contribution in [2.45, 2.75) is 45.6 Å². The first-order valence-electron chi connectivity index (χ1n) is 6.39. The smallest absolute Gasteiger partial charge is 0.160 e. The molecular weight excluding hydrogens is 210 g/mol. The van der Waals surface area contributed by atoms with Gasteiger partial charge in [0.2, 0.25) is 0 Å². The van der Waals surface area contributed by atoms with Crippen molar-refractivity contribution in [1.82, 2.24) is 0 Å². The third-order valence-corrected chi connectivity index (χ3v) is 3.30. The molecule has 2 nitrogen and oxygen atoms in total. The molecule has 1 aromatic rings. The molecule has 1 atom stereocenters. The van der Waals surface area contributed by atoms with E-state index in [1.807, 2.05) is 6.07 Å². The van der Waals surface area contributed by atoms with Gasteiger partial charge in [0.05, 0.1) is 5.71 Å². The highest BCUT2D eigenvalue weighted by atomic mass is 16.7. The Balaban J connectivity index is 2.09. The molecule has 0 aromatic heterocycles. The minimum Gasteiger partial charge on any atom is -0.385 e. The van der Waals surface area contributed by atoms with E-state index in [1.54, 1.807) is 0 Å². The van der Waals surface area contributed by atoms with Crippen LogP contribution in [0.4, 0.5) is 0 Å². The predicted molar refractivity (Wildman–Crippen MR) is 71.0 cm³/mol. The van der Waals surface area contributed by atoms with Crippen molar-refractivity contribution in [2.75, 3.05) is 0 Å². The van der Waals surface area contributed by atoms with Crippen LogP contribution < -0.4 is 0 Å². The highest BCUT2D eigenvalue weighted by Gasteiger charge is 2.32. The molecule has 0 amide bonds.